The Bertz CT molecular complexity index is 326. The zero-order valence-corrected chi connectivity index (χ0v) is 13.2. The summed E-state index contributed by atoms with van der Waals surface area (Å²) >= 11 is 0. The molecule has 0 amide bonds. The smallest absolute Gasteiger partial charge is 0.308 e. The Balaban J connectivity index is 2.70. The third-order valence-corrected chi connectivity index (χ3v) is 4.07. The molecule has 1 aliphatic heterocycles. The summed E-state index contributed by atoms with van der Waals surface area (Å²) in [4.78, 5) is 22.6. The molecule has 4 nitrogen and oxygen atoms in total. The van der Waals surface area contributed by atoms with Crippen molar-refractivity contribution in [2.75, 3.05) is 7.11 Å². The quantitative estimate of drug-likeness (QED) is 0.405. The van der Waals surface area contributed by atoms with Crippen LogP contribution < -0.4 is 0 Å². The van der Waals surface area contributed by atoms with Gasteiger partial charge in [0.05, 0.1) is 13.5 Å². The molecule has 1 heterocycles. The summed E-state index contributed by atoms with van der Waals surface area (Å²) < 4.78 is 4.72. The second-order valence-electron chi connectivity index (χ2n) is 5.48. The number of carbonyl (C=O) groups excluding carboxylic acids is 1. The van der Waals surface area contributed by atoms with Crippen molar-refractivity contribution in [3.05, 3.63) is 12.2 Å². The first kappa shape index (κ1) is 17.2. The summed E-state index contributed by atoms with van der Waals surface area (Å²) in [6.45, 7) is 6.38. The van der Waals surface area contributed by atoms with Crippen LogP contribution in [0, 0.1) is 5.92 Å². The van der Waals surface area contributed by atoms with Gasteiger partial charge in [-0.2, -0.15) is 0 Å². The number of hydrogen-bond acceptors (Lipinski definition) is 4. The van der Waals surface area contributed by atoms with E-state index in [2.05, 4.69) is 32.9 Å². The Morgan fingerprint density at radius 3 is 2.70 bits per heavy atom. The van der Waals surface area contributed by atoms with Gasteiger partial charge in [-0.25, -0.2) is 9.78 Å². The second-order valence-corrected chi connectivity index (χ2v) is 5.48. The number of allylic oxidation sites excluding steroid dienone is 1. The van der Waals surface area contributed by atoms with Crippen LogP contribution in [0.15, 0.2) is 12.2 Å². The fraction of sp³-hybridized carbons (Fsp3) is 0.812. The van der Waals surface area contributed by atoms with Crippen molar-refractivity contribution in [3.8, 4) is 0 Å². The fourth-order valence-electron chi connectivity index (χ4n) is 2.58. The van der Waals surface area contributed by atoms with Gasteiger partial charge in [0.25, 0.3) is 0 Å². The van der Waals surface area contributed by atoms with E-state index in [4.69, 9.17) is 14.5 Å². The highest BCUT2D eigenvalue weighted by Gasteiger charge is 2.41. The normalized spacial score (nSPS) is 30.6. The molecule has 20 heavy (non-hydrogen) atoms. The number of hydrogen-bond donors (Lipinski definition) is 0. The van der Waals surface area contributed by atoms with Crippen LogP contribution in [0.1, 0.15) is 59.3 Å². The zero-order chi connectivity index (χ0) is 15.0. The van der Waals surface area contributed by atoms with Gasteiger partial charge in [0.1, 0.15) is 11.7 Å². The summed E-state index contributed by atoms with van der Waals surface area (Å²) in [7, 11) is 1.40. The molecule has 1 fully saturated rings. The Morgan fingerprint density at radius 1 is 1.40 bits per heavy atom. The number of methoxy groups -OCH3 is 1. The van der Waals surface area contributed by atoms with E-state index >= 15 is 0 Å². The maximum atomic E-state index is 11.4. The molecule has 4 heteroatoms. The van der Waals surface area contributed by atoms with Crippen LogP contribution in [0.25, 0.3) is 0 Å². The Morgan fingerprint density at radius 2 is 2.15 bits per heavy atom. The molecule has 0 aromatic rings. The molecule has 1 saturated heterocycles. The van der Waals surface area contributed by atoms with Gasteiger partial charge in [-0.15, -0.1) is 0 Å². The lowest BCUT2D eigenvalue weighted by Gasteiger charge is -2.41. The molecule has 0 saturated carbocycles. The largest absolute Gasteiger partial charge is 0.469 e. The average molecular weight is 284 g/mol. The average Bonchev–Trinajstić information content (AvgIpc) is 2.48. The topological polar surface area (TPSA) is 44.8 Å². The molecule has 0 radical (unpaired) electrons. The van der Waals surface area contributed by atoms with Crippen LogP contribution in [0.2, 0.25) is 0 Å². The van der Waals surface area contributed by atoms with E-state index in [1.165, 1.54) is 7.11 Å². The minimum absolute atomic E-state index is 0.202. The maximum absolute atomic E-state index is 11.4. The number of carbonyl (C=O) groups is 1. The molecule has 0 N–H and O–H groups in total. The van der Waals surface area contributed by atoms with Gasteiger partial charge < -0.3 is 4.74 Å². The Labute approximate surface area is 122 Å². The molecular weight excluding hydrogens is 256 g/mol. The summed E-state index contributed by atoms with van der Waals surface area (Å²) in [6, 6.07) is 0. The first-order valence-corrected chi connectivity index (χ1v) is 7.69. The molecule has 1 rings (SSSR count). The van der Waals surface area contributed by atoms with Gasteiger partial charge in [-0.1, -0.05) is 45.8 Å². The SMILES string of the molecule is CCC/C=C/[C@@]1(CC)C[C@H](CC)[C@H](CC(=O)OC)OO1. The molecule has 0 aromatic carbocycles. The Kier molecular flexibility index (Phi) is 7.24. The van der Waals surface area contributed by atoms with Gasteiger partial charge in [0, 0.05) is 0 Å². The highest BCUT2D eigenvalue weighted by Crippen LogP contribution is 2.37. The molecule has 1 aliphatic rings. The number of unbranched alkanes of at least 4 members (excludes halogenated alkanes) is 1. The minimum Gasteiger partial charge on any atom is -0.469 e. The predicted octanol–water partition coefficient (Wildman–Crippen LogP) is 3.80. The molecular formula is C16H28O4. The van der Waals surface area contributed by atoms with E-state index in [1.807, 2.05) is 0 Å². The fourth-order valence-corrected chi connectivity index (χ4v) is 2.58. The predicted molar refractivity (Wildman–Crippen MR) is 78.1 cm³/mol. The van der Waals surface area contributed by atoms with E-state index in [9.17, 15) is 4.79 Å². The lowest BCUT2D eigenvalue weighted by atomic mass is 9.81. The summed E-state index contributed by atoms with van der Waals surface area (Å²) in [5.74, 6) is 0.0663. The van der Waals surface area contributed by atoms with Crippen molar-refractivity contribution >= 4 is 5.97 Å². The summed E-state index contributed by atoms with van der Waals surface area (Å²) in [5, 5.41) is 0. The van der Waals surface area contributed by atoms with Gasteiger partial charge in [-0.05, 0) is 25.2 Å². The molecule has 0 aliphatic carbocycles. The number of rotatable bonds is 7. The summed E-state index contributed by atoms with van der Waals surface area (Å²) in [6.07, 6.45) is 9.26. The van der Waals surface area contributed by atoms with Crippen molar-refractivity contribution in [2.24, 2.45) is 5.92 Å². The molecule has 0 bridgehead atoms. The molecule has 0 spiro atoms. The number of esters is 1. The van der Waals surface area contributed by atoms with Crippen molar-refractivity contribution in [1.82, 2.24) is 0 Å². The first-order valence-electron chi connectivity index (χ1n) is 7.69. The van der Waals surface area contributed by atoms with Crippen molar-refractivity contribution in [3.63, 3.8) is 0 Å². The van der Waals surface area contributed by atoms with Gasteiger partial charge >= 0.3 is 5.97 Å². The summed E-state index contributed by atoms with van der Waals surface area (Å²) in [5.41, 5.74) is -0.345. The third kappa shape index (κ3) is 4.60. The van der Waals surface area contributed by atoms with E-state index in [-0.39, 0.29) is 24.1 Å². The lowest BCUT2D eigenvalue weighted by Crippen LogP contribution is -2.44. The maximum Gasteiger partial charge on any atom is 0.308 e. The van der Waals surface area contributed by atoms with Crippen molar-refractivity contribution in [2.45, 2.75) is 71.0 Å². The minimum atomic E-state index is -0.345. The third-order valence-electron chi connectivity index (χ3n) is 4.07. The van der Waals surface area contributed by atoms with Gasteiger partial charge in [0.15, 0.2) is 0 Å². The van der Waals surface area contributed by atoms with Crippen LogP contribution >= 0.6 is 0 Å². The monoisotopic (exact) mass is 284 g/mol. The van der Waals surface area contributed by atoms with Gasteiger partial charge in [0.2, 0.25) is 0 Å². The second kappa shape index (κ2) is 8.42. The lowest BCUT2D eigenvalue weighted by molar-refractivity contribution is -0.409. The highest BCUT2D eigenvalue weighted by molar-refractivity contribution is 5.69. The standard InChI is InChI=1S/C16H28O4/c1-5-8-9-10-16(7-3)12-13(6-2)14(19-20-16)11-15(17)18-4/h9-10,13-14H,5-8,11-12H2,1-4H3/b10-9+/t13-,14-,16-/m0/s1. The van der Waals surface area contributed by atoms with Crippen LogP contribution in [0.5, 0.6) is 0 Å². The zero-order valence-electron chi connectivity index (χ0n) is 13.2. The van der Waals surface area contributed by atoms with Crippen molar-refractivity contribution < 1.29 is 19.3 Å². The van der Waals surface area contributed by atoms with Crippen LogP contribution in [-0.4, -0.2) is 24.8 Å². The van der Waals surface area contributed by atoms with E-state index in [1.54, 1.807) is 0 Å². The van der Waals surface area contributed by atoms with E-state index < -0.39 is 0 Å². The first-order chi connectivity index (χ1) is 9.60. The van der Waals surface area contributed by atoms with Crippen LogP contribution in [0.4, 0.5) is 0 Å². The molecule has 3 atom stereocenters. The Hall–Kier alpha value is -0.870. The molecule has 0 unspecified atom stereocenters. The molecule has 116 valence electrons. The van der Waals surface area contributed by atoms with Gasteiger partial charge in [-0.3, -0.25) is 4.79 Å². The van der Waals surface area contributed by atoms with Crippen LogP contribution in [0.3, 0.4) is 0 Å². The van der Waals surface area contributed by atoms with E-state index in [0.29, 0.717) is 5.92 Å². The molecule has 0 aromatic heterocycles. The van der Waals surface area contributed by atoms with Crippen LogP contribution in [-0.2, 0) is 19.3 Å². The highest BCUT2D eigenvalue weighted by atomic mass is 17.2. The van der Waals surface area contributed by atoms with E-state index in [0.717, 1.165) is 32.1 Å². The van der Waals surface area contributed by atoms with Crippen molar-refractivity contribution in [1.29, 1.82) is 0 Å². The number of ether oxygens (including phenoxy) is 1.